The van der Waals surface area contributed by atoms with Gasteiger partial charge in [-0.2, -0.15) is 0 Å². The number of alkyl halides is 1. The molecule has 2 nitrogen and oxygen atoms in total. The fraction of sp³-hybridized carbons (Fsp3) is 0.417. The zero-order valence-electron chi connectivity index (χ0n) is 8.92. The summed E-state index contributed by atoms with van der Waals surface area (Å²) in [7, 11) is 0. The summed E-state index contributed by atoms with van der Waals surface area (Å²) in [6.45, 7) is 0.418. The highest BCUT2D eigenvalue weighted by Gasteiger charge is 2.10. The van der Waals surface area contributed by atoms with E-state index in [9.17, 15) is 4.79 Å². The first kappa shape index (κ1) is 13.3. The summed E-state index contributed by atoms with van der Waals surface area (Å²) in [6, 6.07) is 6.87. The molecule has 1 aromatic carbocycles. The summed E-state index contributed by atoms with van der Waals surface area (Å²) < 4.78 is 5.09. The lowest BCUT2D eigenvalue weighted by molar-refractivity contribution is 0.0498. The quantitative estimate of drug-likeness (QED) is 0.441. The van der Waals surface area contributed by atoms with Crippen LogP contribution in [-0.4, -0.2) is 18.5 Å². The zero-order chi connectivity index (χ0) is 11.8. The molecule has 0 saturated carbocycles. The Morgan fingerprint density at radius 2 is 1.94 bits per heavy atom. The fourth-order valence-corrected chi connectivity index (χ4v) is 1.64. The molecule has 4 heteroatoms. The molecule has 1 aromatic rings. The number of hydrogen-bond acceptors (Lipinski definition) is 2. The van der Waals surface area contributed by atoms with Gasteiger partial charge in [0, 0.05) is 5.88 Å². The van der Waals surface area contributed by atoms with E-state index >= 15 is 0 Å². The summed E-state index contributed by atoms with van der Waals surface area (Å²) in [4.78, 5) is 11.6. The maximum atomic E-state index is 11.6. The van der Waals surface area contributed by atoms with E-state index in [4.69, 9.17) is 27.9 Å². The standard InChI is InChI=1S/C12H14Cl2O2/c13-8-4-1-5-9-16-12(15)10-6-2-3-7-11(10)14/h2-3,6-7H,1,4-5,8-9H2. The normalized spacial score (nSPS) is 10.1. The topological polar surface area (TPSA) is 26.3 Å². The average molecular weight is 261 g/mol. The van der Waals surface area contributed by atoms with E-state index < -0.39 is 0 Å². The maximum absolute atomic E-state index is 11.6. The molecule has 0 amide bonds. The van der Waals surface area contributed by atoms with Crippen LogP contribution in [0.2, 0.25) is 5.02 Å². The number of benzene rings is 1. The first-order valence-electron chi connectivity index (χ1n) is 5.23. The highest BCUT2D eigenvalue weighted by Crippen LogP contribution is 2.15. The van der Waals surface area contributed by atoms with Crippen molar-refractivity contribution < 1.29 is 9.53 Å². The number of rotatable bonds is 6. The van der Waals surface area contributed by atoms with Gasteiger partial charge >= 0.3 is 5.97 Å². The van der Waals surface area contributed by atoms with Crippen molar-refractivity contribution in [2.75, 3.05) is 12.5 Å². The molecule has 0 fully saturated rings. The van der Waals surface area contributed by atoms with Crippen LogP contribution in [0.1, 0.15) is 29.6 Å². The van der Waals surface area contributed by atoms with Gasteiger partial charge in [0.2, 0.25) is 0 Å². The molecule has 0 aromatic heterocycles. The van der Waals surface area contributed by atoms with Crippen LogP contribution < -0.4 is 0 Å². The minimum Gasteiger partial charge on any atom is -0.462 e. The highest BCUT2D eigenvalue weighted by atomic mass is 35.5. The van der Waals surface area contributed by atoms with Gasteiger partial charge in [-0.15, -0.1) is 11.6 Å². The van der Waals surface area contributed by atoms with Crippen molar-refractivity contribution >= 4 is 29.2 Å². The molecule has 0 spiro atoms. The SMILES string of the molecule is O=C(OCCCCCCl)c1ccccc1Cl. The molecule has 0 bridgehead atoms. The minimum atomic E-state index is -0.364. The van der Waals surface area contributed by atoms with Gasteiger partial charge in [0.15, 0.2) is 0 Å². The Morgan fingerprint density at radius 3 is 2.62 bits per heavy atom. The minimum absolute atomic E-state index is 0.364. The predicted molar refractivity (Wildman–Crippen MR) is 66.3 cm³/mol. The Morgan fingerprint density at radius 1 is 1.19 bits per heavy atom. The molecule has 88 valence electrons. The fourth-order valence-electron chi connectivity index (χ4n) is 1.24. The summed E-state index contributed by atoms with van der Waals surface area (Å²) in [5, 5.41) is 0.424. The molecule has 0 N–H and O–H groups in total. The number of hydrogen-bond donors (Lipinski definition) is 0. The van der Waals surface area contributed by atoms with Gasteiger partial charge in [-0.1, -0.05) is 23.7 Å². The molecule has 0 radical (unpaired) electrons. The first-order chi connectivity index (χ1) is 7.75. The third-order valence-corrected chi connectivity index (χ3v) is 2.70. The van der Waals surface area contributed by atoms with Gasteiger partial charge in [0.25, 0.3) is 0 Å². The molecule has 0 heterocycles. The predicted octanol–water partition coefficient (Wildman–Crippen LogP) is 3.91. The Labute approximate surface area is 106 Å². The number of carbonyl (C=O) groups is 1. The van der Waals surface area contributed by atoms with E-state index in [1.807, 2.05) is 0 Å². The van der Waals surface area contributed by atoms with Crippen LogP contribution in [-0.2, 0) is 4.74 Å². The Bertz CT molecular complexity index is 340. The molecule has 1 rings (SSSR count). The molecule has 0 unspecified atom stereocenters. The number of carbonyl (C=O) groups excluding carboxylic acids is 1. The van der Waals surface area contributed by atoms with E-state index in [1.165, 1.54) is 0 Å². The molecule has 0 saturated heterocycles. The second-order valence-electron chi connectivity index (χ2n) is 3.37. The first-order valence-corrected chi connectivity index (χ1v) is 6.14. The molecule has 0 aliphatic carbocycles. The van der Waals surface area contributed by atoms with Crippen molar-refractivity contribution in [3.8, 4) is 0 Å². The molecule has 16 heavy (non-hydrogen) atoms. The largest absolute Gasteiger partial charge is 0.462 e. The van der Waals surface area contributed by atoms with Crippen LogP contribution in [0.25, 0.3) is 0 Å². The Kier molecular flexibility index (Phi) is 6.27. The van der Waals surface area contributed by atoms with Gasteiger partial charge in [-0.05, 0) is 31.4 Å². The lowest BCUT2D eigenvalue weighted by Gasteiger charge is -2.05. The van der Waals surface area contributed by atoms with Crippen LogP contribution >= 0.6 is 23.2 Å². The van der Waals surface area contributed by atoms with Gasteiger partial charge in [0.1, 0.15) is 0 Å². The van der Waals surface area contributed by atoms with Crippen LogP contribution in [0.5, 0.6) is 0 Å². The monoisotopic (exact) mass is 260 g/mol. The van der Waals surface area contributed by atoms with Crippen molar-refractivity contribution in [2.24, 2.45) is 0 Å². The lowest BCUT2D eigenvalue weighted by atomic mass is 10.2. The van der Waals surface area contributed by atoms with Gasteiger partial charge in [-0.25, -0.2) is 4.79 Å². The van der Waals surface area contributed by atoms with E-state index in [-0.39, 0.29) is 5.97 Å². The van der Waals surface area contributed by atoms with Crippen LogP contribution in [0.4, 0.5) is 0 Å². The average Bonchev–Trinajstić information content (AvgIpc) is 2.29. The zero-order valence-corrected chi connectivity index (χ0v) is 10.4. The third kappa shape index (κ3) is 4.42. The van der Waals surface area contributed by atoms with Crippen molar-refractivity contribution in [2.45, 2.75) is 19.3 Å². The summed E-state index contributed by atoms with van der Waals surface area (Å²) in [6.07, 6.45) is 2.76. The summed E-state index contributed by atoms with van der Waals surface area (Å²) in [5.41, 5.74) is 0.418. The Balaban J connectivity index is 2.33. The molecular formula is C12H14Cl2O2. The van der Waals surface area contributed by atoms with Crippen LogP contribution in [0.3, 0.4) is 0 Å². The van der Waals surface area contributed by atoms with E-state index in [2.05, 4.69) is 0 Å². The van der Waals surface area contributed by atoms with Crippen LogP contribution in [0, 0.1) is 0 Å². The van der Waals surface area contributed by atoms with Crippen molar-refractivity contribution in [1.82, 2.24) is 0 Å². The van der Waals surface area contributed by atoms with E-state index in [0.717, 1.165) is 19.3 Å². The van der Waals surface area contributed by atoms with Crippen molar-refractivity contribution in [3.63, 3.8) is 0 Å². The Hall–Kier alpha value is -0.730. The number of ether oxygens (including phenoxy) is 1. The third-order valence-electron chi connectivity index (χ3n) is 2.10. The second kappa shape index (κ2) is 7.53. The maximum Gasteiger partial charge on any atom is 0.339 e. The van der Waals surface area contributed by atoms with Gasteiger partial charge in [0.05, 0.1) is 17.2 Å². The van der Waals surface area contributed by atoms with Crippen molar-refractivity contribution in [1.29, 1.82) is 0 Å². The van der Waals surface area contributed by atoms with E-state index in [1.54, 1.807) is 24.3 Å². The van der Waals surface area contributed by atoms with Crippen LogP contribution in [0.15, 0.2) is 24.3 Å². The molecule has 0 atom stereocenters. The van der Waals surface area contributed by atoms with E-state index in [0.29, 0.717) is 23.1 Å². The molecular weight excluding hydrogens is 247 g/mol. The summed E-state index contributed by atoms with van der Waals surface area (Å²) in [5.74, 6) is 0.287. The molecule has 0 aliphatic heterocycles. The van der Waals surface area contributed by atoms with Gasteiger partial charge < -0.3 is 4.74 Å². The number of esters is 1. The molecule has 0 aliphatic rings. The lowest BCUT2D eigenvalue weighted by Crippen LogP contribution is -2.07. The van der Waals surface area contributed by atoms with Gasteiger partial charge in [-0.3, -0.25) is 0 Å². The summed E-state index contributed by atoms with van der Waals surface area (Å²) >= 11 is 11.4. The second-order valence-corrected chi connectivity index (χ2v) is 4.15. The smallest absolute Gasteiger partial charge is 0.339 e. The number of unbranched alkanes of at least 4 members (excludes halogenated alkanes) is 2. The van der Waals surface area contributed by atoms with Crippen molar-refractivity contribution in [3.05, 3.63) is 34.9 Å². The number of halogens is 2. The highest BCUT2D eigenvalue weighted by molar-refractivity contribution is 6.33.